The van der Waals surface area contributed by atoms with Crippen molar-refractivity contribution in [3.05, 3.63) is 0 Å². The van der Waals surface area contributed by atoms with Crippen molar-refractivity contribution in [2.24, 2.45) is 0 Å². The minimum Gasteiger partial charge on any atom is -0.423 e. The molecule has 130 valence electrons. The molecule has 0 N–H and O–H groups in total. The monoisotopic (exact) mass is 329 g/mol. The van der Waals surface area contributed by atoms with Crippen LogP contribution in [0.2, 0.25) is 0 Å². The molecule has 2 unspecified atom stereocenters. The molecule has 0 aliphatic carbocycles. The SMILES string of the molecule is CC(C)(CCCCN(CC1CCCO1)CC1CCCO1)O[SiH3]. The summed E-state index contributed by atoms with van der Waals surface area (Å²) in [7, 11) is 0.830. The first-order chi connectivity index (χ1) is 10.6. The van der Waals surface area contributed by atoms with Crippen molar-refractivity contribution < 1.29 is 13.9 Å². The lowest BCUT2D eigenvalue weighted by Gasteiger charge is -2.28. The van der Waals surface area contributed by atoms with E-state index >= 15 is 0 Å². The summed E-state index contributed by atoms with van der Waals surface area (Å²) in [6, 6.07) is 0. The molecule has 2 fully saturated rings. The van der Waals surface area contributed by atoms with Crippen LogP contribution in [0.3, 0.4) is 0 Å². The molecule has 0 aromatic heterocycles. The third-order valence-electron chi connectivity index (χ3n) is 5.03. The van der Waals surface area contributed by atoms with E-state index < -0.39 is 0 Å². The molecule has 0 radical (unpaired) electrons. The molecule has 2 heterocycles. The van der Waals surface area contributed by atoms with Crippen LogP contribution in [0, 0.1) is 0 Å². The fourth-order valence-corrected chi connectivity index (χ4v) is 3.60. The first-order valence-electron chi connectivity index (χ1n) is 9.10. The molecule has 0 amide bonds. The van der Waals surface area contributed by atoms with Gasteiger partial charge in [0, 0.05) is 31.9 Å². The number of unbranched alkanes of at least 4 members (excludes halogenated alkanes) is 1. The molecule has 4 nitrogen and oxygen atoms in total. The second-order valence-corrected chi connectivity index (χ2v) is 7.86. The third kappa shape index (κ3) is 6.67. The highest BCUT2D eigenvalue weighted by molar-refractivity contribution is 5.98. The average Bonchev–Trinajstić information content (AvgIpc) is 3.17. The topological polar surface area (TPSA) is 30.9 Å². The fraction of sp³-hybridized carbons (Fsp3) is 1.00. The Bertz CT molecular complexity index is 284. The van der Waals surface area contributed by atoms with E-state index in [1.165, 1.54) is 38.5 Å². The number of hydrogen-bond acceptors (Lipinski definition) is 4. The van der Waals surface area contributed by atoms with Crippen LogP contribution in [-0.2, 0) is 13.9 Å². The van der Waals surface area contributed by atoms with Crippen LogP contribution in [0.4, 0.5) is 0 Å². The summed E-state index contributed by atoms with van der Waals surface area (Å²) in [5.41, 5.74) is 0.0696. The summed E-state index contributed by atoms with van der Waals surface area (Å²) in [6.45, 7) is 9.64. The van der Waals surface area contributed by atoms with Gasteiger partial charge in [-0.1, -0.05) is 0 Å². The fourth-order valence-electron chi connectivity index (χ4n) is 3.40. The standard InChI is InChI=1S/C17H35NO3Si/c1-17(2,21-22)9-3-4-10-18(13-15-7-5-11-19-15)14-16-8-6-12-20-16/h15-16H,3-14H2,1-2,22H3. The molecule has 2 aliphatic rings. The van der Waals surface area contributed by atoms with Crippen LogP contribution >= 0.6 is 0 Å². The molecular weight excluding hydrogens is 294 g/mol. The maximum atomic E-state index is 5.83. The maximum absolute atomic E-state index is 5.83. The van der Waals surface area contributed by atoms with Gasteiger partial charge in [-0.25, -0.2) is 0 Å². The van der Waals surface area contributed by atoms with Crippen molar-refractivity contribution in [1.29, 1.82) is 0 Å². The van der Waals surface area contributed by atoms with Crippen molar-refractivity contribution in [2.45, 2.75) is 76.6 Å². The summed E-state index contributed by atoms with van der Waals surface area (Å²) in [4.78, 5) is 2.58. The summed E-state index contributed by atoms with van der Waals surface area (Å²) in [5, 5.41) is 0. The quantitative estimate of drug-likeness (QED) is 0.452. The van der Waals surface area contributed by atoms with Gasteiger partial charge in [0.25, 0.3) is 0 Å². The van der Waals surface area contributed by atoms with E-state index in [0.717, 1.165) is 49.8 Å². The molecule has 0 bridgehead atoms. The molecule has 22 heavy (non-hydrogen) atoms. The van der Waals surface area contributed by atoms with E-state index in [9.17, 15) is 0 Å². The van der Waals surface area contributed by atoms with E-state index in [1.807, 2.05) is 0 Å². The number of ether oxygens (including phenoxy) is 2. The van der Waals surface area contributed by atoms with Gasteiger partial charge >= 0.3 is 0 Å². The molecule has 5 heteroatoms. The van der Waals surface area contributed by atoms with Crippen LogP contribution < -0.4 is 0 Å². The Hall–Kier alpha value is 0.0569. The summed E-state index contributed by atoms with van der Waals surface area (Å²) < 4.78 is 17.3. The molecule has 2 rings (SSSR count). The molecular formula is C17H35NO3Si. The van der Waals surface area contributed by atoms with E-state index in [1.54, 1.807) is 0 Å². The highest BCUT2D eigenvalue weighted by Crippen LogP contribution is 2.19. The van der Waals surface area contributed by atoms with E-state index in [-0.39, 0.29) is 5.60 Å². The Labute approximate surface area is 139 Å². The minimum absolute atomic E-state index is 0.0696. The Morgan fingerprint density at radius 3 is 2.09 bits per heavy atom. The average molecular weight is 330 g/mol. The minimum atomic E-state index is 0.0696. The predicted molar refractivity (Wildman–Crippen MR) is 93.3 cm³/mol. The second kappa shape index (κ2) is 9.38. The van der Waals surface area contributed by atoms with E-state index in [4.69, 9.17) is 13.9 Å². The zero-order chi connectivity index (χ0) is 15.8. The zero-order valence-electron chi connectivity index (χ0n) is 14.8. The largest absolute Gasteiger partial charge is 0.423 e. The Morgan fingerprint density at radius 1 is 1.05 bits per heavy atom. The van der Waals surface area contributed by atoms with Gasteiger partial charge in [-0.3, -0.25) is 4.90 Å². The lowest BCUT2D eigenvalue weighted by molar-refractivity contribution is 0.0359. The Morgan fingerprint density at radius 2 is 1.64 bits per heavy atom. The van der Waals surface area contributed by atoms with Crippen molar-refractivity contribution in [1.82, 2.24) is 4.90 Å². The van der Waals surface area contributed by atoms with Crippen molar-refractivity contribution >= 4 is 10.5 Å². The summed E-state index contributed by atoms with van der Waals surface area (Å²) in [5.74, 6) is 0. The Kier molecular flexibility index (Phi) is 7.84. The first-order valence-corrected chi connectivity index (χ1v) is 9.91. The number of rotatable bonds is 10. The second-order valence-electron chi connectivity index (χ2n) is 7.45. The van der Waals surface area contributed by atoms with Gasteiger partial charge in [-0.15, -0.1) is 0 Å². The van der Waals surface area contributed by atoms with Gasteiger partial charge in [-0.05, 0) is 65.3 Å². The highest BCUT2D eigenvalue weighted by atomic mass is 28.2. The molecule has 0 saturated carbocycles. The molecule has 2 aliphatic heterocycles. The Balaban J connectivity index is 1.70. The van der Waals surface area contributed by atoms with Crippen LogP contribution in [0.15, 0.2) is 0 Å². The maximum Gasteiger partial charge on any atom is 0.146 e. The smallest absolute Gasteiger partial charge is 0.146 e. The lowest BCUT2D eigenvalue weighted by atomic mass is 10.0. The van der Waals surface area contributed by atoms with E-state index in [2.05, 4.69) is 18.7 Å². The third-order valence-corrected chi connectivity index (χ3v) is 6.13. The first kappa shape index (κ1) is 18.4. The molecule has 2 atom stereocenters. The van der Waals surface area contributed by atoms with Crippen molar-refractivity contribution in [3.63, 3.8) is 0 Å². The molecule has 0 spiro atoms. The number of hydrogen-bond donors (Lipinski definition) is 0. The van der Waals surface area contributed by atoms with Crippen molar-refractivity contribution in [2.75, 3.05) is 32.8 Å². The van der Waals surface area contributed by atoms with Crippen LogP contribution in [-0.4, -0.2) is 66.0 Å². The van der Waals surface area contributed by atoms with Crippen molar-refractivity contribution in [3.8, 4) is 0 Å². The van der Waals surface area contributed by atoms with E-state index in [0.29, 0.717) is 12.2 Å². The highest BCUT2D eigenvalue weighted by Gasteiger charge is 2.24. The predicted octanol–water partition coefficient (Wildman–Crippen LogP) is 1.89. The van der Waals surface area contributed by atoms with Gasteiger partial charge in [0.05, 0.1) is 12.2 Å². The normalized spacial score (nSPS) is 26.3. The molecule has 0 aromatic carbocycles. The van der Waals surface area contributed by atoms with Gasteiger partial charge in [0.1, 0.15) is 10.5 Å². The van der Waals surface area contributed by atoms with Gasteiger partial charge in [0.2, 0.25) is 0 Å². The molecule has 2 saturated heterocycles. The van der Waals surface area contributed by atoms with Crippen LogP contribution in [0.25, 0.3) is 0 Å². The van der Waals surface area contributed by atoms with Gasteiger partial charge in [-0.2, -0.15) is 0 Å². The summed E-state index contributed by atoms with van der Waals surface area (Å²) >= 11 is 0. The van der Waals surface area contributed by atoms with Gasteiger partial charge < -0.3 is 13.9 Å². The number of nitrogens with zero attached hydrogens (tertiary/aromatic N) is 1. The van der Waals surface area contributed by atoms with Gasteiger partial charge in [0.15, 0.2) is 0 Å². The molecule has 0 aromatic rings. The van der Waals surface area contributed by atoms with Crippen LogP contribution in [0.1, 0.15) is 58.8 Å². The lowest BCUT2D eigenvalue weighted by Crippen LogP contribution is -2.38. The zero-order valence-corrected chi connectivity index (χ0v) is 16.8. The summed E-state index contributed by atoms with van der Waals surface area (Å²) in [6.07, 6.45) is 9.44. The van der Waals surface area contributed by atoms with Crippen LogP contribution in [0.5, 0.6) is 0 Å².